The zero-order chi connectivity index (χ0) is 6.81. The molecule has 50 valence electrons. The molecule has 0 bridgehead atoms. The van der Waals surface area contributed by atoms with Gasteiger partial charge in [0.05, 0.1) is 6.54 Å². The summed E-state index contributed by atoms with van der Waals surface area (Å²) in [6.07, 6.45) is 9.51. The Hall–Kier alpha value is -1.38. The van der Waals surface area contributed by atoms with Gasteiger partial charge in [-0.25, -0.2) is 9.67 Å². The van der Waals surface area contributed by atoms with Crippen LogP contribution in [-0.4, -0.2) is 14.8 Å². The lowest BCUT2D eigenvalue weighted by atomic mass is 10.4. The third-order valence-electron chi connectivity index (χ3n) is 1.42. The van der Waals surface area contributed by atoms with Gasteiger partial charge in [-0.15, -0.1) is 0 Å². The van der Waals surface area contributed by atoms with Crippen LogP contribution in [0.25, 0.3) is 6.08 Å². The van der Waals surface area contributed by atoms with E-state index < -0.39 is 0 Å². The van der Waals surface area contributed by atoms with Gasteiger partial charge in [0.15, 0.2) is 5.82 Å². The van der Waals surface area contributed by atoms with E-state index in [1.807, 2.05) is 29.0 Å². The van der Waals surface area contributed by atoms with E-state index in [-0.39, 0.29) is 0 Å². The summed E-state index contributed by atoms with van der Waals surface area (Å²) in [6.45, 7) is 0.822. The fourth-order valence-electron chi connectivity index (χ4n) is 0.924. The second-order valence-corrected chi connectivity index (χ2v) is 2.09. The van der Waals surface area contributed by atoms with Gasteiger partial charge in [0, 0.05) is 0 Å². The van der Waals surface area contributed by atoms with Crippen LogP contribution in [-0.2, 0) is 6.54 Å². The van der Waals surface area contributed by atoms with Gasteiger partial charge in [0.25, 0.3) is 0 Å². The quantitative estimate of drug-likeness (QED) is 0.525. The van der Waals surface area contributed by atoms with Crippen molar-refractivity contribution in [3.63, 3.8) is 0 Å². The van der Waals surface area contributed by atoms with Crippen LogP contribution in [0.2, 0.25) is 0 Å². The van der Waals surface area contributed by atoms with Crippen LogP contribution in [0, 0.1) is 0 Å². The molecule has 3 heteroatoms. The van der Waals surface area contributed by atoms with Crippen molar-refractivity contribution in [1.82, 2.24) is 14.8 Å². The molecule has 0 fully saturated rings. The lowest BCUT2D eigenvalue weighted by Crippen LogP contribution is -1.98. The predicted molar refractivity (Wildman–Crippen MR) is 38.2 cm³/mol. The van der Waals surface area contributed by atoms with Crippen LogP contribution in [0.1, 0.15) is 5.82 Å². The van der Waals surface area contributed by atoms with Crippen molar-refractivity contribution < 1.29 is 0 Å². The highest BCUT2D eigenvalue weighted by molar-refractivity contribution is 5.43. The minimum atomic E-state index is 0.822. The maximum atomic E-state index is 4.04. The zero-order valence-electron chi connectivity index (χ0n) is 5.44. The van der Waals surface area contributed by atoms with Gasteiger partial charge in [-0.2, -0.15) is 5.10 Å². The molecular formula is C7H7N3. The van der Waals surface area contributed by atoms with E-state index in [9.17, 15) is 0 Å². The van der Waals surface area contributed by atoms with Crippen molar-refractivity contribution in [2.45, 2.75) is 6.54 Å². The molecule has 10 heavy (non-hydrogen) atoms. The molecule has 2 heterocycles. The second-order valence-electron chi connectivity index (χ2n) is 2.09. The molecule has 1 aromatic heterocycles. The maximum Gasteiger partial charge on any atom is 0.151 e. The topological polar surface area (TPSA) is 30.7 Å². The van der Waals surface area contributed by atoms with Crippen molar-refractivity contribution in [2.75, 3.05) is 0 Å². The average Bonchev–Trinajstić information content (AvgIpc) is 2.28. The minimum Gasteiger partial charge on any atom is -0.242 e. The molecule has 0 spiro atoms. The highest BCUT2D eigenvalue weighted by atomic mass is 15.3. The molecule has 0 atom stereocenters. The number of fused-ring (bicyclic) bond motifs is 1. The first kappa shape index (κ1) is 5.41. The van der Waals surface area contributed by atoms with E-state index in [0.29, 0.717) is 0 Å². The summed E-state index contributed by atoms with van der Waals surface area (Å²) < 4.78 is 1.85. The second kappa shape index (κ2) is 2.10. The number of nitrogens with zero attached hydrogens (tertiary/aromatic N) is 3. The van der Waals surface area contributed by atoms with Gasteiger partial charge < -0.3 is 0 Å². The summed E-state index contributed by atoms with van der Waals surface area (Å²) in [4.78, 5) is 4.04. The molecule has 3 nitrogen and oxygen atoms in total. The molecule has 0 amide bonds. The Kier molecular flexibility index (Phi) is 1.13. The Morgan fingerprint density at radius 1 is 1.40 bits per heavy atom. The Morgan fingerprint density at radius 2 is 2.40 bits per heavy atom. The number of allylic oxidation sites excluding steroid dienone is 3. The third kappa shape index (κ3) is 0.757. The Labute approximate surface area is 58.7 Å². The van der Waals surface area contributed by atoms with Crippen molar-refractivity contribution in [2.24, 2.45) is 0 Å². The molecule has 0 aliphatic carbocycles. The Bertz CT molecular complexity index is 283. The molecule has 0 N–H and O–H groups in total. The largest absolute Gasteiger partial charge is 0.242 e. The van der Waals surface area contributed by atoms with Gasteiger partial charge >= 0.3 is 0 Å². The molecule has 0 aromatic carbocycles. The molecule has 1 aliphatic heterocycles. The molecule has 1 aliphatic rings. The Morgan fingerprint density at radius 3 is 3.40 bits per heavy atom. The first-order valence-electron chi connectivity index (χ1n) is 3.18. The maximum absolute atomic E-state index is 4.04. The summed E-state index contributed by atoms with van der Waals surface area (Å²) in [5, 5.41) is 4.02. The third-order valence-corrected chi connectivity index (χ3v) is 1.42. The molecular weight excluding hydrogens is 126 g/mol. The number of hydrogen-bond acceptors (Lipinski definition) is 2. The standard InChI is InChI=1S/C7H7N3/c1-2-4-7-8-6-9-10(7)5-3-1/h1-4,6H,5H2. The first-order valence-corrected chi connectivity index (χ1v) is 3.18. The van der Waals surface area contributed by atoms with Crippen molar-refractivity contribution in [3.8, 4) is 0 Å². The van der Waals surface area contributed by atoms with Crippen molar-refractivity contribution >= 4 is 6.08 Å². The molecule has 0 radical (unpaired) electrons. The van der Waals surface area contributed by atoms with Crippen LogP contribution in [0.4, 0.5) is 0 Å². The highest BCUT2D eigenvalue weighted by Crippen LogP contribution is 2.01. The summed E-state index contributed by atoms with van der Waals surface area (Å²) >= 11 is 0. The lowest BCUT2D eigenvalue weighted by molar-refractivity contribution is 0.694. The molecule has 0 unspecified atom stereocenters. The van der Waals surface area contributed by atoms with E-state index >= 15 is 0 Å². The van der Waals surface area contributed by atoms with Crippen LogP contribution < -0.4 is 0 Å². The average molecular weight is 133 g/mol. The smallest absolute Gasteiger partial charge is 0.151 e. The van der Waals surface area contributed by atoms with E-state index in [0.717, 1.165) is 12.4 Å². The predicted octanol–water partition coefficient (Wildman–Crippen LogP) is 0.861. The summed E-state index contributed by atoms with van der Waals surface area (Å²) in [5.74, 6) is 0.921. The number of aromatic nitrogens is 3. The van der Waals surface area contributed by atoms with Gasteiger partial charge in [0.1, 0.15) is 6.33 Å². The fraction of sp³-hybridized carbons (Fsp3) is 0.143. The van der Waals surface area contributed by atoms with Crippen molar-refractivity contribution in [1.29, 1.82) is 0 Å². The highest BCUT2D eigenvalue weighted by Gasteiger charge is 1.98. The normalized spacial score (nSPS) is 14.8. The van der Waals surface area contributed by atoms with Crippen LogP contribution in [0.5, 0.6) is 0 Å². The van der Waals surface area contributed by atoms with Gasteiger partial charge in [0.2, 0.25) is 0 Å². The van der Waals surface area contributed by atoms with E-state index in [4.69, 9.17) is 0 Å². The summed E-state index contributed by atoms with van der Waals surface area (Å²) in [5.41, 5.74) is 0. The zero-order valence-corrected chi connectivity index (χ0v) is 5.44. The molecule has 0 saturated heterocycles. The minimum absolute atomic E-state index is 0.822. The molecule has 2 rings (SSSR count). The van der Waals surface area contributed by atoms with Crippen LogP contribution in [0.15, 0.2) is 24.6 Å². The van der Waals surface area contributed by atoms with Gasteiger partial charge in [-0.1, -0.05) is 18.2 Å². The van der Waals surface area contributed by atoms with E-state index in [1.165, 1.54) is 0 Å². The van der Waals surface area contributed by atoms with E-state index in [1.54, 1.807) is 6.33 Å². The van der Waals surface area contributed by atoms with Gasteiger partial charge in [-0.05, 0) is 6.08 Å². The Balaban J connectivity index is 2.50. The van der Waals surface area contributed by atoms with Crippen LogP contribution in [0.3, 0.4) is 0 Å². The van der Waals surface area contributed by atoms with Crippen LogP contribution >= 0.6 is 0 Å². The SMILES string of the molecule is C1=CCn2ncnc2C=C1. The molecule has 0 saturated carbocycles. The van der Waals surface area contributed by atoms with Crippen molar-refractivity contribution in [3.05, 3.63) is 30.4 Å². The monoisotopic (exact) mass is 133 g/mol. The number of rotatable bonds is 0. The fourth-order valence-corrected chi connectivity index (χ4v) is 0.924. The lowest BCUT2D eigenvalue weighted by Gasteiger charge is -1.93. The molecule has 1 aromatic rings. The summed E-state index contributed by atoms with van der Waals surface area (Å²) in [7, 11) is 0. The first-order chi connectivity index (χ1) is 4.97. The summed E-state index contributed by atoms with van der Waals surface area (Å²) in [6, 6.07) is 0. The van der Waals surface area contributed by atoms with E-state index in [2.05, 4.69) is 10.1 Å². The number of hydrogen-bond donors (Lipinski definition) is 0. The van der Waals surface area contributed by atoms with Gasteiger partial charge in [-0.3, -0.25) is 0 Å².